The first-order valence-electron chi connectivity index (χ1n) is 15.4. The van der Waals surface area contributed by atoms with Gasteiger partial charge in [0.05, 0.1) is 19.3 Å². The van der Waals surface area contributed by atoms with Crippen molar-refractivity contribution in [3.05, 3.63) is 0 Å². The van der Waals surface area contributed by atoms with Crippen LogP contribution in [-0.4, -0.2) is 76.9 Å². The zero-order chi connectivity index (χ0) is 27.8. The highest BCUT2D eigenvalue weighted by Crippen LogP contribution is 2.21. The standard InChI is InChI=1S/C29H62NO4P.CH4O/c1-6-8-9-10-11-12-13-14-15-16-17-18-19-20-21-22-25-32-26-29(31-5)27-33-35-34-28(7-2)23-24-30(3)4;1-2/h28-29,35H,6-27H2,1-5H3;2H,1H3. The molecule has 1 N–H and O–H groups in total. The third-order valence-electron chi connectivity index (χ3n) is 6.68. The fraction of sp³-hybridized carbons (Fsp3) is 1.00. The van der Waals surface area contributed by atoms with E-state index in [4.69, 9.17) is 23.6 Å². The molecule has 0 rings (SSSR count). The molecule has 0 aliphatic rings. The van der Waals surface area contributed by atoms with Crippen molar-refractivity contribution in [3.63, 3.8) is 0 Å². The zero-order valence-electron chi connectivity index (χ0n) is 25.7. The number of aliphatic hydroxyl groups is 1. The topological polar surface area (TPSA) is 60.4 Å². The molecule has 0 heterocycles. The van der Waals surface area contributed by atoms with Gasteiger partial charge in [-0.05, 0) is 33.4 Å². The van der Waals surface area contributed by atoms with Crippen molar-refractivity contribution in [2.75, 3.05) is 54.7 Å². The number of methoxy groups -OCH3 is 1. The summed E-state index contributed by atoms with van der Waals surface area (Å²) in [6.07, 6.45) is 24.6. The molecule has 0 aromatic carbocycles. The Bertz CT molecular complexity index is 404. The first kappa shape index (κ1) is 39.3. The second-order valence-corrected chi connectivity index (χ2v) is 11.1. The lowest BCUT2D eigenvalue weighted by molar-refractivity contribution is -0.0154. The Morgan fingerprint density at radius 3 is 1.59 bits per heavy atom. The Hall–Kier alpha value is 0.190. The summed E-state index contributed by atoms with van der Waals surface area (Å²) >= 11 is 0. The molecule has 0 fully saturated rings. The van der Waals surface area contributed by atoms with Gasteiger partial charge in [0, 0.05) is 27.4 Å². The number of hydrogen-bond donors (Lipinski definition) is 1. The van der Waals surface area contributed by atoms with Crippen molar-refractivity contribution >= 4 is 9.03 Å². The monoisotopic (exact) mass is 551 g/mol. The number of nitrogens with zero attached hydrogens (tertiary/aromatic N) is 1. The van der Waals surface area contributed by atoms with E-state index in [2.05, 4.69) is 32.8 Å². The second-order valence-electron chi connectivity index (χ2n) is 10.4. The predicted octanol–water partition coefficient (Wildman–Crippen LogP) is 8.16. The normalized spacial score (nSPS) is 13.3. The molecule has 0 spiro atoms. The van der Waals surface area contributed by atoms with Gasteiger partial charge < -0.3 is 28.5 Å². The lowest BCUT2D eigenvalue weighted by Gasteiger charge is -2.19. The molecule has 3 unspecified atom stereocenters. The van der Waals surface area contributed by atoms with Crippen molar-refractivity contribution in [1.82, 2.24) is 4.90 Å². The van der Waals surface area contributed by atoms with Gasteiger partial charge in [-0.3, -0.25) is 0 Å². The molecule has 6 nitrogen and oxygen atoms in total. The van der Waals surface area contributed by atoms with Crippen molar-refractivity contribution < 1.29 is 23.6 Å². The number of unbranched alkanes of at least 4 members (excludes halogenated alkanes) is 15. The van der Waals surface area contributed by atoms with Crippen LogP contribution < -0.4 is 0 Å². The van der Waals surface area contributed by atoms with Crippen LogP contribution in [0, 0.1) is 0 Å². The maximum Gasteiger partial charge on any atom is 0.155 e. The molecule has 3 atom stereocenters. The predicted molar refractivity (Wildman–Crippen MR) is 162 cm³/mol. The highest BCUT2D eigenvalue weighted by molar-refractivity contribution is 7.26. The van der Waals surface area contributed by atoms with Crippen molar-refractivity contribution in [2.45, 2.75) is 142 Å². The van der Waals surface area contributed by atoms with Gasteiger partial charge in [0.15, 0.2) is 9.03 Å². The highest BCUT2D eigenvalue weighted by Gasteiger charge is 2.11. The van der Waals surface area contributed by atoms with Gasteiger partial charge in [-0.2, -0.15) is 0 Å². The molecule has 0 saturated heterocycles. The Labute approximate surface area is 233 Å². The molecule has 0 radical (unpaired) electrons. The molecule has 0 aliphatic carbocycles. The average Bonchev–Trinajstić information content (AvgIpc) is 2.91. The van der Waals surface area contributed by atoms with Crippen molar-refractivity contribution in [2.24, 2.45) is 0 Å². The van der Waals surface area contributed by atoms with Crippen molar-refractivity contribution in [1.29, 1.82) is 0 Å². The first-order chi connectivity index (χ1) is 18.1. The third-order valence-corrected chi connectivity index (χ3v) is 7.39. The summed E-state index contributed by atoms with van der Waals surface area (Å²) in [6, 6.07) is 0. The van der Waals surface area contributed by atoms with Crippen LogP contribution in [0.5, 0.6) is 0 Å². The van der Waals surface area contributed by atoms with E-state index in [1.165, 1.54) is 96.3 Å². The molecule has 0 saturated carbocycles. The largest absolute Gasteiger partial charge is 0.400 e. The van der Waals surface area contributed by atoms with E-state index in [-0.39, 0.29) is 21.2 Å². The first-order valence-corrected chi connectivity index (χ1v) is 16.2. The lowest BCUT2D eigenvalue weighted by atomic mass is 10.0. The van der Waals surface area contributed by atoms with Gasteiger partial charge in [-0.1, -0.05) is 110 Å². The fourth-order valence-corrected chi connectivity index (χ4v) is 4.87. The van der Waals surface area contributed by atoms with Gasteiger partial charge in [-0.15, -0.1) is 0 Å². The van der Waals surface area contributed by atoms with E-state index >= 15 is 0 Å². The molecule has 7 heteroatoms. The average molecular weight is 552 g/mol. The Kier molecular flexibility index (Phi) is 36.4. The van der Waals surface area contributed by atoms with E-state index < -0.39 is 0 Å². The van der Waals surface area contributed by atoms with E-state index in [1.54, 1.807) is 7.11 Å². The highest BCUT2D eigenvalue weighted by atomic mass is 31.1. The van der Waals surface area contributed by atoms with Crippen LogP contribution in [0.3, 0.4) is 0 Å². The molecular formula is C30H66NO5P. The second kappa shape index (κ2) is 34.2. The minimum Gasteiger partial charge on any atom is -0.400 e. The van der Waals surface area contributed by atoms with Crippen molar-refractivity contribution in [3.8, 4) is 0 Å². The summed E-state index contributed by atoms with van der Waals surface area (Å²) in [5.41, 5.74) is 0. The maximum atomic E-state index is 7.00. The Morgan fingerprint density at radius 1 is 0.676 bits per heavy atom. The number of hydrogen-bond acceptors (Lipinski definition) is 6. The number of rotatable bonds is 29. The van der Waals surface area contributed by atoms with Crippen LogP contribution in [0.1, 0.15) is 129 Å². The van der Waals surface area contributed by atoms with E-state index in [0.29, 0.717) is 13.2 Å². The molecular weight excluding hydrogens is 485 g/mol. The fourth-order valence-electron chi connectivity index (χ4n) is 4.13. The van der Waals surface area contributed by atoms with E-state index in [0.717, 1.165) is 39.5 Å². The smallest absolute Gasteiger partial charge is 0.155 e. The third kappa shape index (κ3) is 32.3. The summed E-state index contributed by atoms with van der Waals surface area (Å²) < 4.78 is 22.9. The Morgan fingerprint density at radius 2 is 1.16 bits per heavy atom. The Balaban J connectivity index is 0. The summed E-state index contributed by atoms with van der Waals surface area (Å²) in [7, 11) is 6.98. The number of ether oxygens (including phenoxy) is 2. The van der Waals surface area contributed by atoms with Gasteiger partial charge >= 0.3 is 0 Å². The van der Waals surface area contributed by atoms with Crippen LogP contribution in [0.25, 0.3) is 0 Å². The van der Waals surface area contributed by atoms with Gasteiger partial charge in [0.1, 0.15) is 6.10 Å². The molecule has 0 aliphatic heterocycles. The van der Waals surface area contributed by atoms with Crippen LogP contribution in [0.2, 0.25) is 0 Å². The maximum absolute atomic E-state index is 7.00. The molecule has 0 amide bonds. The molecule has 37 heavy (non-hydrogen) atoms. The molecule has 0 aromatic rings. The van der Waals surface area contributed by atoms with E-state index in [1.807, 2.05) is 0 Å². The van der Waals surface area contributed by atoms with E-state index in [9.17, 15) is 0 Å². The van der Waals surface area contributed by atoms with Crippen LogP contribution in [0.15, 0.2) is 0 Å². The molecule has 0 aromatic heterocycles. The van der Waals surface area contributed by atoms with Crippen LogP contribution >= 0.6 is 9.03 Å². The lowest BCUT2D eigenvalue weighted by Crippen LogP contribution is -2.23. The van der Waals surface area contributed by atoms with Gasteiger partial charge in [0.25, 0.3) is 0 Å². The SMILES string of the molecule is CCCCCCCCCCCCCCCCCCOCC(COPOC(CC)CCN(C)C)OC.CO. The summed E-state index contributed by atoms with van der Waals surface area (Å²) in [5, 5.41) is 7.00. The summed E-state index contributed by atoms with van der Waals surface area (Å²) in [6.45, 7) is 7.43. The molecule has 0 bridgehead atoms. The summed E-state index contributed by atoms with van der Waals surface area (Å²) in [5.74, 6) is 0. The minimum atomic E-state index is -0.0194. The van der Waals surface area contributed by atoms with Gasteiger partial charge in [-0.25, -0.2) is 0 Å². The van der Waals surface area contributed by atoms with Crippen LogP contribution in [0.4, 0.5) is 0 Å². The van der Waals surface area contributed by atoms with Crippen LogP contribution in [-0.2, 0) is 18.5 Å². The zero-order valence-corrected chi connectivity index (χ0v) is 26.7. The molecule has 226 valence electrons. The van der Waals surface area contributed by atoms with Gasteiger partial charge in [0.2, 0.25) is 0 Å². The summed E-state index contributed by atoms with van der Waals surface area (Å²) in [4.78, 5) is 2.19. The minimum absolute atomic E-state index is 0.0194. The quantitative estimate of drug-likeness (QED) is 0.0747. The number of aliphatic hydroxyl groups excluding tert-OH is 1.